The van der Waals surface area contributed by atoms with Gasteiger partial charge in [-0.05, 0) is 54.8 Å². The number of nitrogens with one attached hydrogen (secondary N) is 2. The van der Waals surface area contributed by atoms with Crippen molar-refractivity contribution in [2.75, 3.05) is 18.4 Å². The molecule has 4 heterocycles. The van der Waals surface area contributed by atoms with E-state index in [9.17, 15) is 5.26 Å². The largest absolute Gasteiger partial charge is 0.362 e. The molecule has 0 fully saturated rings. The number of anilines is 2. The molecule has 2 aromatic heterocycles. The minimum absolute atomic E-state index is 0.527. The van der Waals surface area contributed by atoms with Gasteiger partial charge in [0.25, 0.3) is 0 Å². The molecule has 4 aromatic rings. The average Bonchev–Trinajstić information content (AvgIpc) is 3.59. The summed E-state index contributed by atoms with van der Waals surface area (Å²) in [7, 11) is 0. The van der Waals surface area contributed by atoms with Gasteiger partial charge in [0.1, 0.15) is 11.0 Å². The number of hydrogen-bond acceptors (Lipinski definition) is 8. The summed E-state index contributed by atoms with van der Waals surface area (Å²) >= 11 is 0. The number of aryl methyl sites for hydroxylation is 2. The normalized spacial score (nSPS) is 14.9. The number of nitrogens with zero attached hydrogens (tertiary/aromatic N) is 7. The van der Waals surface area contributed by atoms with E-state index < -0.39 is 0 Å². The number of nitriles is 1. The molecule has 9 heteroatoms. The first-order valence-electron chi connectivity index (χ1n) is 11.8. The quantitative estimate of drug-likeness (QED) is 0.442. The maximum Gasteiger partial charge on any atom is 0.227 e. The molecule has 0 saturated carbocycles. The zero-order valence-electron chi connectivity index (χ0n) is 20.2. The SMILES string of the molecule is C=C(c1ccc2n[nH]nc2c1)N1CC(C#N)=C(N2Cc3cnc(Nc4cc(C)cc(C)c4)nc3C2)C1. The summed E-state index contributed by atoms with van der Waals surface area (Å²) in [6.45, 7) is 10.9. The Morgan fingerprint density at radius 2 is 1.83 bits per heavy atom. The Balaban J connectivity index is 1.18. The van der Waals surface area contributed by atoms with Crippen molar-refractivity contribution in [1.29, 1.82) is 5.26 Å². The highest BCUT2D eigenvalue weighted by Crippen LogP contribution is 2.33. The smallest absolute Gasteiger partial charge is 0.227 e. The first-order valence-corrected chi connectivity index (χ1v) is 11.8. The Hall–Kier alpha value is -4.71. The zero-order chi connectivity index (χ0) is 24.8. The molecule has 0 bridgehead atoms. The number of aromatic nitrogens is 5. The average molecular weight is 476 g/mol. The third-order valence-electron chi connectivity index (χ3n) is 6.72. The number of aromatic amines is 1. The van der Waals surface area contributed by atoms with E-state index in [1.807, 2.05) is 24.4 Å². The van der Waals surface area contributed by atoms with Gasteiger partial charge in [-0.15, -0.1) is 0 Å². The number of rotatable bonds is 5. The number of benzene rings is 2. The summed E-state index contributed by atoms with van der Waals surface area (Å²) in [6.07, 6.45) is 1.89. The molecule has 2 aliphatic rings. The highest BCUT2D eigenvalue weighted by molar-refractivity contribution is 5.79. The highest BCUT2D eigenvalue weighted by Gasteiger charge is 2.31. The van der Waals surface area contributed by atoms with Crippen LogP contribution in [0.1, 0.15) is 27.9 Å². The number of H-pyrrole nitrogens is 1. The van der Waals surface area contributed by atoms with Crippen molar-refractivity contribution in [1.82, 2.24) is 35.2 Å². The molecule has 0 radical (unpaired) electrons. The van der Waals surface area contributed by atoms with Gasteiger partial charge >= 0.3 is 0 Å². The van der Waals surface area contributed by atoms with Gasteiger partial charge in [-0.1, -0.05) is 18.7 Å². The maximum absolute atomic E-state index is 9.90. The van der Waals surface area contributed by atoms with Gasteiger partial charge in [0.2, 0.25) is 5.95 Å². The molecular formula is C27H25N9. The predicted octanol–water partition coefficient (Wildman–Crippen LogP) is 4.19. The van der Waals surface area contributed by atoms with Crippen molar-refractivity contribution in [3.8, 4) is 6.07 Å². The van der Waals surface area contributed by atoms with Crippen LogP contribution in [-0.2, 0) is 13.1 Å². The summed E-state index contributed by atoms with van der Waals surface area (Å²) < 4.78 is 0. The topological polar surface area (TPSA) is 110 Å². The maximum atomic E-state index is 9.90. The number of fused-ring (bicyclic) bond motifs is 2. The van der Waals surface area contributed by atoms with Gasteiger partial charge in [0, 0.05) is 35.4 Å². The van der Waals surface area contributed by atoms with Crippen molar-refractivity contribution < 1.29 is 0 Å². The standard InChI is InChI=1S/C27H25N9/c1-16-6-17(2)8-22(7-16)30-27-29-11-21-13-36(14-25(21)31-27)26-15-35(12-20(26)10-28)18(3)19-4-5-23-24(9-19)33-34-32-23/h4-9,11H,3,12-15H2,1-2H3,(H,29,30,31)(H,32,33,34). The van der Waals surface area contributed by atoms with Gasteiger partial charge in [0.05, 0.1) is 37.0 Å². The molecule has 2 N–H and O–H groups in total. The van der Waals surface area contributed by atoms with E-state index in [1.54, 1.807) is 0 Å². The molecule has 178 valence electrons. The fraction of sp³-hybridized carbons (Fsp3) is 0.222. The second kappa shape index (κ2) is 8.50. The second-order valence-electron chi connectivity index (χ2n) is 9.39. The first-order chi connectivity index (χ1) is 17.5. The Bertz CT molecular complexity index is 1570. The van der Waals surface area contributed by atoms with Crippen molar-refractivity contribution in [2.24, 2.45) is 0 Å². The van der Waals surface area contributed by atoms with E-state index in [1.165, 1.54) is 11.1 Å². The minimum atomic E-state index is 0.527. The Kier molecular flexibility index (Phi) is 5.15. The summed E-state index contributed by atoms with van der Waals surface area (Å²) in [5, 5.41) is 24.2. The van der Waals surface area contributed by atoms with Crippen LogP contribution in [0.25, 0.3) is 16.7 Å². The Morgan fingerprint density at radius 3 is 2.64 bits per heavy atom. The Morgan fingerprint density at radius 1 is 1.03 bits per heavy atom. The molecule has 2 aromatic carbocycles. The van der Waals surface area contributed by atoms with Crippen LogP contribution in [-0.4, -0.2) is 48.3 Å². The van der Waals surface area contributed by atoms with Gasteiger partial charge in [-0.2, -0.15) is 20.7 Å². The zero-order valence-corrected chi connectivity index (χ0v) is 20.2. The van der Waals surface area contributed by atoms with Crippen LogP contribution in [0.2, 0.25) is 0 Å². The third-order valence-corrected chi connectivity index (χ3v) is 6.72. The summed E-state index contributed by atoms with van der Waals surface area (Å²) in [5.41, 5.74) is 10.6. The lowest BCUT2D eigenvalue weighted by molar-refractivity contribution is 0.337. The van der Waals surface area contributed by atoms with E-state index in [4.69, 9.17) is 4.98 Å². The van der Waals surface area contributed by atoms with Gasteiger partial charge in [-0.25, -0.2) is 9.97 Å². The lowest BCUT2D eigenvalue weighted by atomic mass is 10.1. The second-order valence-corrected chi connectivity index (χ2v) is 9.39. The lowest BCUT2D eigenvalue weighted by Gasteiger charge is -2.24. The summed E-state index contributed by atoms with van der Waals surface area (Å²) in [5.74, 6) is 0.583. The molecule has 6 rings (SSSR count). The Labute approximate surface area is 208 Å². The first kappa shape index (κ1) is 21.8. The van der Waals surface area contributed by atoms with Crippen LogP contribution < -0.4 is 5.32 Å². The van der Waals surface area contributed by atoms with Crippen LogP contribution in [0.15, 0.2) is 60.4 Å². The molecular weight excluding hydrogens is 450 g/mol. The van der Waals surface area contributed by atoms with E-state index >= 15 is 0 Å². The molecule has 36 heavy (non-hydrogen) atoms. The van der Waals surface area contributed by atoms with E-state index in [0.717, 1.165) is 50.5 Å². The van der Waals surface area contributed by atoms with Crippen LogP contribution in [0.3, 0.4) is 0 Å². The number of hydrogen-bond donors (Lipinski definition) is 2. The van der Waals surface area contributed by atoms with E-state index in [2.05, 4.69) is 80.2 Å². The molecule has 2 aliphatic heterocycles. The van der Waals surface area contributed by atoms with E-state index in [-0.39, 0.29) is 0 Å². The van der Waals surface area contributed by atoms with Crippen LogP contribution >= 0.6 is 0 Å². The van der Waals surface area contributed by atoms with Crippen molar-refractivity contribution in [2.45, 2.75) is 26.9 Å². The summed E-state index contributed by atoms with van der Waals surface area (Å²) in [4.78, 5) is 13.7. The molecule has 0 saturated heterocycles. The highest BCUT2D eigenvalue weighted by atomic mass is 15.3. The summed E-state index contributed by atoms with van der Waals surface area (Å²) in [6, 6.07) is 14.6. The predicted molar refractivity (Wildman–Crippen MR) is 138 cm³/mol. The van der Waals surface area contributed by atoms with Crippen molar-refractivity contribution in [3.63, 3.8) is 0 Å². The lowest BCUT2D eigenvalue weighted by Crippen LogP contribution is -2.24. The van der Waals surface area contributed by atoms with Gasteiger partial charge < -0.3 is 15.1 Å². The van der Waals surface area contributed by atoms with E-state index in [0.29, 0.717) is 32.1 Å². The molecule has 0 spiro atoms. The van der Waals surface area contributed by atoms with Gasteiger partial charge in [-0.3, -0.25) is 0 Å². The third kappa shape index (κ3) is 3.92. The van der Waals surface area contributed by atoms with Crippen LogP contribution in [0.4, 0.5) is 11.6 Å². The van der Waals surface area contributed by atoms with Crippen molar-refractivity contribution >= 4 is 28.4 Å². The van der Waals surface area contributed by atoms with Crippen molar-refractivity contribution in [3.05, 3.63) is 88.4 Å². The minimum Gasteiger partial charge on any atom is -0.362 e. The molecule has 0 unspecified atom stereocenters. The van der Waals surface area contributed by atoms with Crippen LogP contribution in [0.5, 0.6) is 0 Å². The van der Waals surface area contributed by atoms with Crippen LogP contribution in [0, 0.1) is 25.2 Å². The fourth-order valence-electron chi connectivity index (χ4n) is 4.98. The monoisotopic (exact) mass is 475 g/mol. The molecule has 0 atom stereocenters. The molecule has 0 aliphatic carbocycles. The fourth-order valence-corrected chi connectivity index (χ4v) is 4.98. The molecule has 9 nitrogen and oxygen atoms in total. The van der Waals surface area contributed by atoms with Gasteiger partial charge in [0.15, 0.2) is 0 Å². The molecule has 0 amide bonds.